The van der Waals surface area contributed by atoms with E-state index in [0.29, 0.717) is 28.8 Å². The van der Waals surface area contributed by atoms with Crippen molar-refractivity contribution >= 4 is 61.3 Å². The van der Waals surface area contributed by atoms with E-state index in [1.165, 1.54) is 0 Å². The van der Waals surface area contributed by atoms with Crippen LogP contribution in [0.1, 0.15) is 58.2 Å². The first-order chi connectivity index (χ1) is 18.8. The molecule has 3 aliphatic heterocycles. The molecule has 1 aromatic heterocycles. The molecule has 1 amide bonds. The number of nitrogens with zero attached hydrogens (tertiary/aromatic N) is 5. The molecule has 2 aromatic rings. The molecule has 0 atom stereocenters. The maximum atomic E-state index is 13.2. The Morgan fingerprint density at radius 3 is 2.42 bits per heavy atom. The molecule has 0 unspecified atom stereocenters. The van der Waals surface area contributed by atoms with Crippen molar-refractivity contribution in [3.63, 3.8) is 0 Å². The molecule has 0 bridgehead atoms. The van der Waals surface area contributed by atoms with Crippen LogP contribution in [-0.2, 0) is 4.74 Å². The van der Waals surface area contributed by atoms with Crippen LogP contribution in [0.2, 0.25) is 0 Å². The first-order valence-corrected chi connectivity index (χ1v) is 15.7. The standard InChI is InChI=1S/C28H37BrF2IN5O3/c1-27(2,3)40-26(38)37-15-28(16-37)7-11-36(12-8-28)25-18-13-19(32)21(29)23(39-14-20(30)31)22(18)33-24(34-25)17-5-9-35(4)10-6-17/h13,17,20H,5-12,14-16H2,1-4H3. The van der Waals surface area contributed by atoms with Crippen LogP contribution in [0.5, 0.6) is 5.75 Å². The van der Waals surface area contributed by atoms with Crippen LogP contribution < -0.4 is 9.64 Å². The summed E-state index contributed by atoms with van der Waals surface area (Å²) in [4.78, 5) is 29.0. The van der Waals surface area contributed by atoms with E-state index in [0.717, 1.165) is 72.5 Å². The molecule has 3 saturated heterocycles. The first kappa shape index (κ1) is 29.9. The molecule has 3 aliphatic rings. The maximum absolute atomic E-state index is 13.2. The van der Waals surface area contributed by atoms with Crippen molar-refractivity contribution in [1.82, 2.24) is 19.8 Å². The van der Waals surface area contributed by atoms with Gasteiger partial charge in [0.25, 0.3) is 6.43 Å². The predicted molar refractivity (Wildman–Crippen MR) is 163 cm³/mol. The highest BCUT2D eigenvalue weighted by Gasteiger charge is 2.48. The molecule has 4 heterocycles. The Kier molecular flexibility index (Phi) is 8.70. The Bertz CT molecular complexity index is 1250. The zero-order chi connectivity index (χ0) is 28.8. The van der Waals surface area contributed by atoms with Gasteiger partial charge in [-0.25, -0.2) is 23.5 Å². The molecule has 0 N–H and O–H groups in total. The minimum absolute atomic E-state index is 0.0933. The third-order valence-corrected chi connectivity index (χ3v) is 10.5. The average molecular weight is 736 g/mol. The Labute approximate surface area is 256 Å². The molecular weight excluding hydrogens is 699 g/mol. The lowest BCUT2D eigenvalue weighted by Gasteiger charge is -2.53. The Hall–Kier alpha value is -1.54. The fraction of sp³-hybridized carbons (Fsp3) is 0.679. The summed E-state index contributed by atoms with van der Waals surface area (Å²) >= 11 is 5.76. The van der Waals surface area contributed by atoms with Gasteiger partial charge >= 0.3 is 6.09 Å². The van der Waals surface area contributed by atoms with E-state index in [2.05, 4.69) is 55.4 Å². The number of hydrogen-bond acceptors (Lipinski definition) is 7. The van der Waals surface area contributed by atoms with Crippen LogP contribution in [0.4, 0.5) is 19.4 Å². The van der Waals surface area contributed by atoms with E-state index < -0.39 is 18.6 Å². The van der Waals surface area contributed by atoms with Crippen molar-refractivity contribution in [1.29, 1.82) is 0 Å². The van der Waals surface area contributed by atoms with Crippen molar-refractivity contribution < 1.29 is 23.0 Å². The quantitative estimate of drug-likeness (QED) is 0.335. The lowest BCUT2D eigenvalue weighted by Crippen LogP contribution is -2.62. The summed E-state index contributed by atoms with van der Waals surface area (Å²) in [6.07, 6.45) is 0.929. The third kappa shape index (κ3) is 6.43. The van der Waals surface area contributed by atoms with Gasteiger partial charge in [0.05, 0.1) is 4.47 Å². The van der Waals surface area contributed by atoms with Crippen LogP contribution in [0.25, 0.3) is 10.9 Å². The average Bonchev–Trinajstić information content (AvgIpc) is 2.86. The largest absolute Gasteiger partial charge is 0.484 e. The Morgan fingerprint density at radius 1 is 1.18 bits per heavy atom. The minimum Gasteiger partial charge on any atom is -0.484 e. The number of ether oxygens (including phenoxy) is 2. The monoisotopic (exact) mass is 735 g/mol. The van der Waals surface area contributed by atoms with Crippen molar-refractivity contribution in [2.75, 3.05) is 57.8 Å². The normalized spacial score (nSPS) is 20.3. The van der Waals surface area contributed by atoms with Gasteiger partial charge in [-0.15, -0.1) is 0 Å². The van der Waals surface area contributed by atoms with Gasteiger partial charge in [-0.1, -0.05) is 0 Å². The molecule has 0 saturated carbocycles. The van der Waals surface area contributed by atoms with Crippen LogP contribution in [-0.4, -0.2) is 90.8 Å². The van der Waals surface area contributed by atoms with Crippen LogP contribution in [0.15, 0.2) is 10.5 Å². The molecule has 3 fully saturated rings. The highest BCUT2D eigenvalue weighted by molar-refractivity contribution is 14.1. The molecule has 40 heavy (non-hydrogen) atoms. The highest BCUT2D eigenvalue weighted by Crippen LogP contribution is 2.45. The molecule has 1 spiro atoms. The molecule has 0 aliphatic carbocycles. The molecule has 8 nitrogen and oxygen atoms in total. The highest BCUT2D eigenvalue weighted by atomic mass is 127. The topological polar surface area (TPSA) is 71.0 Å². The summed E-state index contributed by atoms with van der Waals surface area (Å²) in [5.74, 6) is 2.14. The number of carbonyl (C=O) groups excluding carboxylic acids is 1. The Morgan fingerprint density at radius 2 is 1.82 bits per heavy atom. The number of hydrogen-bond donors (Lipinski definition) is 0. The molecular formula is C28H37BrF2IN5O3. The minimum atomic E-state index is -2.59. The SMILES string of the molecule is CN1CCC(c2nc(N3CCC4(CC3)CN(C(=O)OC(C)(C)C)C4)c3cc(I)c(Br)c(OCC(F)F)c3n2)CC1. The number of rotatable bonds is 5. The number of amides is 1. The Balaban J connectivity index is 1.43. The van der Waals surface area contributed by atoms with Gasteiger partial charge < -0.3 is 24.2 Å². The second-order valence-electron chi connectivity index (χ2n) is 12.4. The van der Waals surface area contributed by atoms with Crippen molar-refractivity contribution in [2.24, 2.45) is 5.41 Å². The summed E-state index contributed by atoms with van der Waals surface area (Å²) in [7, 11) is 2.12. The second-order valence-corrected chi connectivity index (χ2v) is 14.4. The summed E-state index contributed by atoms with van der Waals surface area (Å²) in [6.45, 7) is 9.88. The van der Waals surface area contributed by atoms with Crippen LogP contribution >= 0.6 is 38.5 Å². The van der Waals surface area contributed by atoms with Gasteiger partial charge in [-0.3, -0.25) is 0 Å². The van der Waals surface area contributed by atoms with E-state index in [9.17, 15) is 13.6 Å². The van der Waals surface area contributed by atoms with Crippen molar-refractivity contribution in [2.45, 2.75) is 64.4 Å². The number of anilines is 1. The number of aromatic nitrogens is 2. The summed E-state index contributed by atoms with van der Waals surface area (Å²) < 4.78 is 39.1. The van der Waals surface area contributed by atoms with E-state index >= 15 is 0 Å². The van der Waals surface area contributed by atoms with E-state index in [1.807, 2.05) is 26.8 Å². The van der Waals surface area contributed by atoms with E-state index in [4.69, 9.17) is 19.4 Å². The van der Waals surface area contributed by atoms with Crippen molar-refractivity contribution in [3.8, 4) is 5.75 Å². The number of fused-ring (bicyclic) bond motifs is 1. The molecule has 1 aromatic carbocycles. The summed E-state index contributed by atoms with van der Waals surface area (Å²) in [5.41, 5.74) is 0.162. The lowest BCUT2D eigenvalue weighted by molar-refractivity contribution is -0.0434. The smallest absolute Gasteiger partial charge is 0.410 e. The van der Waals surface area contributed by atoms with Gasteiger partial charge in [0.15, 0.2) is 5.75 Å². The first-order valence-electron chi connectivity index (χ1n) is 13.9. The number of carbonyl (C=O) groups is 1. The van der Waals surface area contributed by atoms with Crippen molar-refractivity contribution in [3.05, 3.63) is 19.9 Å². The molecule has 5 rings (SSSR count). The van der Waals surface area contributed by atoms with Gasteiger partial charge in [0.2, 0.25) is 0 Å². The van der Waals surface area contributed by atoms with E-state index in [-0.39, 0.29) is 17.4 Å². The number of halogens is 4. The summed E-state index contributed by atoms with van der Waals surface area (Å²) in [6, 6.07) is 2.01. The lowest BCUT2D eigenvalue weighted by atomic mass is 9.72. The number of likely N-dealkylation sites (tertiary alicyclic amines) is 2. The van der Waals surface area contributed by atoms with Gasteiger partial charge in [0.1, 0.15) is 29.4 Å². The fourth-order valence-corrected chi connectivity index (χ4v) is 6.85. The zero-order valence-electron chi connectivity index (χ0n) is 23.5. The third-order valence-electron chi connectivity index (χ3n) is 8.10. The molecule has 220 valence electrons. The number of alkyl halides is 2. The van der Waals surface area contributed by atoms with Gasteiger partial charge in [0, 0.05) is 46.5 Å². The zero-order valence-corrected chi connectivity index (χ0v) is 27.2. The number of benzene rings is 1. The van der Waals surface area contributed by atoms with Gasteiger partial charge in [-0.05, 0) is 111 Å². The molecule has 0 radical (unpaired) electrons. The fourth-order valence-electron chi connectivity index (χ4n) is 5.88. The molecule has 12 heteroatoms. The maximum Gasteiger partial charge on any atom is 0.410 e. The number of piperidine rings is 2. The van der Waals surface area contributed by atoms with Gasteiger partial charge in [-0.2, -0.15) is 0 Å². The predicted octanol–water partition coefficient (Wildman–Crippen LogP) is 6.29. The van der Waals surface area contributed by atoms with Crippen LogP contribution in [0, 0.1) is 8.99 Å². The summed E-state index contributed by atoms with van der Waals surface area (Å²) in [5, 5.41) is 0.813. The van der Waals surface area contributed by atoms with E-state index in [1.54, 1.807) is 4.90 Å². The second kappa shape index (κ2) is 11.6. The van der Waals surface area contributed by atoms with Crippen LogP contribution in [0.3, 0.4) is 0 Å².